The Kier molecular flexibility index (Phi) is 6.05. The van der Waals surface area contributed by atoms with Crippen molar-refractivity contribution in [1.82, 2.24) is 9.55 Å². The van der Waals surface area contributed by atoms with E-state index in [1.807, 2.05) is 28.7 Å². The minimum Gasteiger partial charge on any atom is -0.454 e. The van der Waals surface area contributed by atoms with Crippen molar-refractivity contribution in [3.05, 3.63) is 170 Å². The van der Waals surface area contributed by atoms with Crippen molar-refractivity contribution in [1.29, 1.82) is 0 Å². The van der Waals surface area contributed by atoms with Crippen LogP contribution in [-0.2, 0) is 0 Å². The van der Waals surface area contributed by atoms with Gasteiger partial charge in [-0.15, -0.1) is 22.7 Å². The molecule has 0 atom stereocenters. The molecule has 0 aliphatic rings. The lowest BCUT2D eigenvalue weighted by Gasteiger charge is -2.16. The van der Waals surface area contributed by atoms with Crippen LogP contribution in [0.1, 0.15) is 0 Å². The maximum absolute atomic E-state index is 6.70. The van der Waals surface area contributed by atoms with Gasteiger partial charge in [-0.25, -0.2) is 4.98 Å². The summed E-state index contributed by atoms with van der Waals surface area (Å²) in [4.78, 5) is 5.59. The summed E-state index contributed by atoms with van der Waals surface area (Å²) in [5.74, 6) is 0. The van der Waals surface area contributed by atoms with E-state index in [1.54, 1.807) is 0 Å². The first kappa shape index (κ1) is 31.1. The van der Waals surface area contributed by atoms with E-state index < -0.39 is 0 Å². The van der Waals surface area contributed by atoms with Crippen molar-refractivity contribution in [2.45, 2.75) is 0 Å². The van der Waals surface area contributed by atoms with Crippen LogP contribution in [0.5, 0.6) is 0 Å². The zero-order chi connectivity index (χ0) is 37.6. The highest BCUT2D eigenvalue weighted by molar-refractivity contribution is 7.26. The highest BCUT2D eigenvalue weighted by atomic mass is 32.1. The number of pyridine rings is 1. The third-order valence-electron chi connectivity index (χ3n) is 12.4. The number of hydrogen-bond acceptors (Lipinski definition) is 4. The van der Waals surface area contributed by atoms with Crippen LogP contribution in [0.15, 0.2) is 174 Å². The Bertz CT molecular complexity index is 3940. The molecule has 9 aromatic carbocycles. The second-order valence-electron chi connectivity index (χ2n) is 15.4. The molecule has 14 rings (SSSR count). The van der Waals surface area contributed by atoms with Crippen LogP contribution in [0.4, 0.5) is 0 Å². The Balaban J connectivity index is 1.07. The van der Waals surface area contributed by atoms with Crippen molar-refractivity contribution in [3.63, 3.8) is 0 Å². The largest absolute Gasteiger partial charge is 0.454 e. The summed E-state index contributed by atoms with van der Waals surface area (Å²) in [6.07, 6.45) is 0. The van der Waals surface area contributed by atoms with Crippen molar-refractivity contribution in [2.24, 2.45) is 0 Å². The van der Waals surface area contributed by atoms with Crippen molar-refractivity contribution >= 4 is 128 Å². The molecule has 5 heteroatoms. The molecule has 58 heavy (non-hydrogen) atoms. The molecule has 0 amide bonds. The van der Waals surface area contributed by atoms with E-state index in [0.717, 1.165) is 55.5 Å². The van der Waals surface area contributed by atoms with Crippen molar-refractivity contribution in [2.75, 3.05) is 0 Å². The fraction of sp³-hybridized carbons (Fsp3) is 0. The van der Waals surface area contributed by atoms with Gasteiger partial charge in [-0.2, -0.15) is 0 Å². The topological polar surface area (TPSA) is 31.0 Å². The van der Waals surface area contributed by atoms with Crippen LogP contribution >= 0.6 is 22.7 Å². The lowest BCUT2D eigenvalue weighted by Crippen LogP contribution is -1.97. The first-order chi connectivity index (χ1) is 28.8. The molecule has 0 fully saturated rings. The van der Waals surface area contributed by atoms with E-state index >= 15 is 0 Å². The molecule has 268 valence electrons. The van der Waals surface area contributed by atoms with E-state index in [1.165, 1.54) is 78.3 Å². The number of furan rings is 1. The van der Waals surface area contributed by atoms with Gasteiger partial charge in [-0.3, -0.25) is 0 Å². The summed E-state index contributed by atoms with van der Waals surface area (Å²) >= 11 is 3.72. The lowest BCUT2D eigenvalue weighted by molar-refractivity contribution is 0.668. The van der Waals surface area contributed by atoms with Gasteiger partial charge in [-0.05, 0) is 64.7 Å². The minimum atomic E-state index is 0.818. The van der Waals surface area contributed by atoms with Gasteiger partial charge >= 0.3 is 0 Å². The summed E-state index contributed by atoms with van der Waals surface area (Å²) < 4.78 is 14.3. The number of thiophene rings is 1. The molecule has 0 saturated carbocycles. The fourth-order valence-corrected chi connectivity index (χ4v) is 12.3. The van der Waals surface area contributed by atoms with Gasteiger partial charge in [0.1, 0.15) is 11.3 Å². The average Bonchev–Trinajstić information content (AvgIpc) is 3.92. The Labute approximate surface area is 338 Å². The second-order valence-corrected chi connectivity index (χ2v) is 17.5. The second kappa shape index (κ2) is 11.3. The highest BCUT2D eigenvalue weighted by Crippen LogP contribution is 2.48. The molecule has 14 aromatic rings. The third-order valence-corrected chi connectivity index (χ3v) is 14.7. The summed E-state index contributed by atoms with van der Waals surface area (Å²) in [6, 6.07) is 62.0. The molecule has 0 spiro atoms. The van der Waals surface area contributed by atoms with Gasteiger partial charge in [0.15, 0.2) is 5.58 Å². The maximum atomic E-state index is 6.70. The molecule has 0 bridgehead atoms. The number of rotatable bonds is 3. The molecular formula is C53H28N2OS2. The minimum absolute atomic E-state index is 0.818. The predicted octanol–water partition coefficient (Wildman–Crippen LogP) is 15.9. The molecule has 0 saturated heterocycles. The summed E-state index contributed by atoms with van der Waals surface area (Å²) in [5.41, 5.74) is 9.27. The molecule has 0 radical (unpaired) electrons. The van der Waals surface area contributed by atoms with E-state index in [-0.39, 0.29) is 0 Å². The maximum Gasteiger partial charge on any atom is 0.161 e. The summed E-state index contributed by atoms with van der Waals surface area (Å²) in [5, 5.41) is 14.9. The molecule has 5 aromatic heterocycles. The molecule has 5 heterocycles. The zero-order valence-corrected chi connectivity index (χ0v) is 32.4. The lowest BCUT2D eigenvalue weighted by atomic mass is 9.97. The van der Waals surface area contributed by atoms with Crippen LogP contribution in [-0.4, -0.2) is 9.55 Å². The number of fused-ring (bicyclic) bond motifs is 7. The number of para-hydroxylation sites is 1. The summed E-state index contributed by atoms with van der Waals surface area (Å²) in [7, 11) is 0. The van der Waals surface area contributed by atoms with Crippen LogP contribution in [0, 0.1) is 0 Å². The number of nitrogens with zero attached hydrogens (tertiary/aromatic N) is 2. The quantitative estimate of drug-likeness (QED) is 0.179. The van der Waals surface area contributed by atoms with Crippen molar-refractivity contribution < 1.29 is 4.42 Å². The van der Waals surface area contributed by atoms with Gasteiger partial charge in [0.05, 0.1) is 22.4 Å². The monoisotopic (exact) mass is 772 g/mol. The van der Waals surface area contributed by atoms with E-state index in [4.69, 9.17) is 9.40 Å². The summed E-state index contributed by atoms with van der Waals surface area (Å²) in [6.45, 7) is 0. The molecule has 3 nitrogen and oxygen atoms in total. The SMILES string of the molecule is c1ccc2c(c1)oc1c(-c3cccc4c3sc3ccccc34)nc(-c3ccc(-n4c5ccc6cccc7sc8cccc9ccc4c(c98)c5c67)c4ccccc34)cc12. The smallest absolute Gasteiger partial charge is 0.161 e. The fourth-order valence-electron chi connectivity index (χ4n) is 9.91. The normalized spacial score (nSPS) is 12.5. The Morgan fingerprint density at radius 2 is 1.07 bits per heavy atom. The first-order valence-corrected chi connectivity index (χ1v) is 21.2. The van der Waals surface area contributed by atoms with Crippen LogP contribution < -0.4 is 0 Å². The Hall–Kier alpha value is -7.05. The molecule has 0 aliphatic heterocycles. The van der Waals surface area contributed by atoms with Crippen LogP contribution in [0.2, 0.25) is 0 Å². The van der Waals surface area contributed by atoms with Gasteiger partial charge in [0.25, 0.3) is 0 Å². The predicted molar refractivity (Wildman–Crippen MR) is 249 cm³/mol. The van der Waals surface area contributed by atoms with Gasteiger partial charge < -0.3 is 8.98 Å². The zero-order valence-electron chi connectivity index (χ0n) is 30.8. The Morgan fingerprint density at radius 1 is 0.431 bits per heavy atom. The van der Waals surface area contributed by atoms with Crippen LogP contribution in [0.25, 0.3) is 134 Å². The van der Waals surface area contributed by atoms with E-state index in [0.29, 0.717) is 0 Å². The number of hydrogen-bond donors (Lipinski definition) is 0. The number of aromatic nitrogens is 2. The third kappa shape index (κ3) is 4.04. The van der Waals surface area contributed by atoms with Gasteiger partial charge in [0.2, 0.25) is 0 Å². The first-order valence-electron chi connectivity index (χ1n) is 19.6. The van der Waals surface area contributed by atoms with Crippen LogP contribution in [0.3, 0.4) is 0 Å². The number of benzene rings is 9. The molecule has 0 N–H and O–H groups in total. The Morgan fingerprint density at radius 3 is 1.84 bits per heavy atom. The molecule has 0 aliphatic carbocycles. The standard InChI is InChI=1S/C53H28N2OS2/c1-2-13-33-31(12-1)32(24-27-40(33)55-41-25-22-29-10-7-20-45-47(29)49(41)50-42(55)26-23-30-11-8-21-46(57-45)48(30)50)39-28-38-34-14-3-5-18-43(34)56-52(38)51(54-39)37-17-9-16-36-35-15-4-6-19-44(35)58-53(36)37/h1-28H. The van der Waals surface area contributed by atoms with Gasteiger partial charge in [0, 0.05) is 78.4 Å². The average molecular weight is 773 g/mol. The van der Waals surface area contributed by atoms with E-state index in [2.05, 4.69) is 168 Å². The van der Waals surface area contributed by atoms with E-state index in [9.17, 15) is 0 Å². The highest BCUT2D eigenvalue weighted by Gasteiger charge is 2.24. The van der Waals surface area contributed by atoms with Gasteiger partial charge in [-0.1, -0.05) is 121 Å². The molecule has 0 unspecified atom stereocenters. The van der Waals surface area contributed by atoms with Crippen molar-refractivity contribution in [3.8, 4) is 28.2 Å². The molecular weight excluding hydrogens is 745 g/mol.